The van der Waals surface area contributed by atoms with Crippen molar-refractivity contribution in [1.82, 2.24) is 68.5 Å². The third kappa shape index (κ3) is 15.8. The molecule has 4 saturated heterocycles. The summed E-state index contributed by atoms with van der Waals surface area (Å²) in [6.07, 6.45) is -21.7. The Morgan fingerprint density at radius 3 is 1.52 bits per heavy atom. The molecule has 0 spiro atoms. The third-order valence-corrected chi connectivity index (χ3v) is 22.3. The summed E-state index contributed by atoms with van der Waals surface area (Å²) in [5, 5.41) is 22.8. The molecule has 4 fully saturated rings. The number of nitrogen functional groups attached to an aromatic ring is 4. The lowest BCUT2D eigenvalue weighted by atomic mass is 10.1. The molecule has 5 aliphatic heterocycles. The first-order chi connectivity index (χ1) is 49.0. The Morgan fingerprint density at radius 1 is 0.529 bits per heavy atom. The molecule has 0 saturated carbocycles. The molecular weight excluding hydrogens is 1510 g/mol. The van der Waals surface area contributed by atoms with Crippen LogP contribution in [-0.4, -0.2) is 250 Å². The van der Waals surface area contributed by atoms with Gasteiger partial charge in [-0.3, -0.25) is 65.7 Å². The molecule has 0 radical (unpaired) electrons. The standard InChI is InChI=1S/C47H67N20O32P5/c1-16(2)90-28-19(92-41(26(28)69)65-13-55-22-35(65)57-45(49)60-38(22)70)9-87-100(73,74)96-30-20(94-44(32(30)85-6)66-14-56-23-36(66)58-46(50)61-39(23)71)10-88-101(75,76)95-29-17(93-43(31(29)84-5)64-12-54-21-33(48)52-11-53-34(21)64)7-86-97-103(79,80)99-104(81,82)98-102(77,78)89-8-18-27(83-4)25(68)42(91-18)67-15-63(3)24-37(67)59-47(51)62-40(24)72/h11-14,16-20,25-32,41-44,68-69H,7-10,15H2,1-6H3,(H,73,74)(H,75,76)(H,77,78)(H,79,80)(H,81,82)(H2,48,52,53)(H3,49,57,60,70)(H3,50,58,61,71)(H3,51,59,62,72)/t17-,18-,19-,20-,25?,26+,27+,28?,29?,30?,31+,32+,41-,42-,43-,44-/m1/s1. The number of hydrogen-bond donors (Lipinski definition) is 14. The molecule has 57 heteroatoms. The second kappa shape index (κ2) is 29.7. The van der Waals surface area contributed by atoms with Crippen molar-refractivity contribution >= 4 is 108 Å². The van der Waals surface area contributed by atoms with Crippen LogP contribution in [0.1, 0.15) is 32.5 Å². The van der Waals surface area contributed by atoms with Gasteiger partial charge in [-0.1, -0.05) is 0 Å². The molecule has 7 aromatic heterocycles. The molecule has 18 N–H and O–H groups in total. The molecule has 572 valence electrons. The number of nitrogens with two attached hydrogens (primary N) is 4. The number of aliphatic hydroxyl groups excluding tert-OH is 2. The predicted octanol–water partition coefficient (Wildman–Crippen LogP) is -3.30. The highest BCUT2D eigenvalue weighted by atomic mass is 31.3. The van der Waals surface area contributed by atoms with Crippen molar-refractivity contribution in [1.29, 1.82) is 0 Å². The predicted molar refractivity (Wildman–Crippen MR) is 341 cm³/mol. The lowest BCUT2D eigenvalue weighted by Crippen LogP contribution is -2.46. The van der Waals surface area contributed by atoms with Crippen molar-refractivity contribution < 1.29 is 136 Å². The maximum atomic E-state index is 14.5. The fraction of sp³-hybridized carbons (Fsp3) is 0.596. The normalized spacial score (nSPS) is 30.2. The van der Waals surface area contributed by atoms with Crippen LogP contribution in [-0.2, 0) is 102 Å². The number of phosphoric ester groups is 3. The number of rotatable bonds is 30. The van der Waals surface area contributed by atoms with Crippen molar-refractivity contribution in [3.63, 3.8) is 0 Å². The van der Waals surface area contributed by atoms with Gasteiger partial charge in [-0.15, -0.1) is 4.67 Å². The van der Waals surface area contributed by atoms with Crippen LogP contribution in [0.4, 0.5) is 35.2 Å². The minimum Gasteiger partial charge on any atom is -0.386 e. The number of fused-ring (bicyclic) bond motifs is 4. The summed E-state index contributed by atoms with van der Waals surface area (Å²) in [7, 11) is -24.7. The summed E-state index contributed by atoms with van der Waals surface area (Å²) in [6, 6.07) is 0. The van der Waals surface area contributed by atoms with Crippen molar-refractivity contribution in [3.05, 3.63) is 56.4 Å². The van der Waals surface area contributed by atoms with E-state index in [4.69, 9.17) is 88.3 Å². The van der Waals surface area contributed by atoms with Crippen LogP contribution in [0.25, 0.3) is 33.5 Å². The molecule has 9 unspecified atom stereocenters. The number of anilines is 6. The van der Waals surface area contributed by atoms with Crippen LogP contribution in [0.15, 0.2) is 39.7 Å². The first-order valence-electron chi connectivity index (χ1n) is 30.1. The average Bonchev–Trinajstić information content (AvgIpc) is 1.61. The number of aromatic nitrogens is 14. The number of H-pyrrole nitrogens is 3. The van der Waals surface area contributed by atoms with E-state index in [1.807, 2.05) is 0 Å². The van der Waals surface area contributed by atoms with Gasteiger partial charge in [0.05, 0.1) is 51.6 Å². The van der Waals surface area contributed by atoms with Crippen molar-refractivity contribution in [2.24, 2.45) is 0 Å². The fourth-order valence-corrected chi connectivity index (χ4v) is 17.3. The number of aliphatic hydroxyl groups is 2. The molecule has 7 aromatic rings. The Bertz CT molecular complexity index is 4780. The van der Waals surface area contributed by atoms with Crippen LogP contribution in [0.2, 0.25) is 0 Å². The minimum absolute atomic E-state index is 0.00875. The average molecular weight is 1580 g/mol. The maximum absolute atomic E-state index is 14.5. The second-order valence-corrected chi connectivity index (χ2v) is 30.8. The zero-order valence-corrected chi connectivity index (χ0v) is 58.8. The number of nitrogens with one attached hydrogen (secondary N) is 3. The summed E-state index contributed by atoms with van der Waals surface area (Å²) in [6.45, 7) is -1.16. The Labute approximate surface area is 579 Å². The summed E-state index contributed by atoms with van der Waals surface area (Å²) < 4.78 is 159. The Balaban J connectivity index is 0.739. The summed E-state index contributed by atoms with van der Waals surface area (Å²) in [4.78, 5) is 140. The number of ether oxygens (including phenoxy) is 8. The van der Waals surface area contributed by atoms with E-state index < -0.39 is 192 Å². The van der Waals surface area contributed by atoms with E-state index >= 15 is 0 Å². The van der Waals surface area contributed by atoms with Gasteiger partial charge in [0, 0.05) is 28.4 Å². The number of imidazole rings is 3. The highest BCUT2D eigenvalue weighted by molar-refractivity contribution is 7.66. The van der Waals surface area contributed by atoms with E-state index in [0.29, 0.717) is 0 Å². The lowest BCUT2D eigenvalue weighted by molar-refractivity contribution is -0.244. The quantitative estimate of drug-likeness (QED) is 0.0119. The highest BCUT2D eigenvalue weighted by Crippen LogP contribution is 2.68. The van der Waals surface area contributed by atoms with Gasteiger partial charge in [-0.25, -0.2) is 52.6 Å². The Hall–Kier alpha value is -6.88. The number of methoxy groups -OCH3 is 3. The lowest BCUT2D eigenvalue weighted by Gasteiger charge is -2.27. The zero-order valence-electron chi connectivity index (χ0n) is 54.4. The third-order valence-electron chi connectivity index (χ3n) is 16.3. The summed E-state index contributed by atoms with van der Waals surface area (Å²) >= 11 is 0. The Morgan fingerprint density at radius 2 is 0.971 bits per heavy atom. The second-order valence-electron chi connectivity index (χ2n) is 23.5. The highest BCUT2D eigenvalue weighted by Gasteiger charge is 2.56. The van der Waals surface area contributed by atoms with Crippen molar-refractivity contribution in [2.45, 2.75) is 118 Å². The van der Waals surface area contributed by atoms with Gasteiger partial charge >= 0.3 is 39.1 Å². The number of nitrogens with zero attached hydrogens (tertiary/aromatic N) is 13. The van der Waals surface area contributed by atoms with E-state index in [1.54, 1.807) is 13.8 Å². The minimum atomic E-state index is -6.27. The number of hydrogen-bond acceptors (Lipinski definition) is 41. The van der Waals surface area contributed by atoms with E-state index in [0.717, 1.165) is 51.2 Å². The van der Waals surface area contributed by atoms with Crippen LogP contribution < -0.4 is 49.4 Å². The van der Waals surface area contributed by atoms with E-state index in [1.165, 1.54) is 26.0 Å². The van der Waals surface area contributed by atoms with Gasteiger partial charge < -0.3 is 105 Å². The van der Waals surface area contributed by atoms with Gasteiger partial charge in [-0.05, 0) is 13.8 Å². The number of phosphoric acid groups is 5. The van der Waals surface area contributed by atoms with Crippen molar-refractivity contribution in [2.75, 3.05) is 94.2 Å². The molecule has 0 aliphatic carbocycles. The molecule has 5 aliphatic rings. The first-order valence-corrected chi connectivity index (χ1v) is 37.6. The Kier molecular flexibility index (Phi) is 21.9. The molecule has 21 atom stereocenters. The van der Waals surface area contributed by atoms with Crippen LogP contribution in [0, 0.1) is 0 Å². The van der Waals surface area contributed by atoms with Crippen LogP contribution >= 0.6 is 39.1 Å². The summed E-state index contributed by atoms with van der Waals surface area (Å²) in [5.74, 6) is -1.11. The largest absolute Gasteiger partial charge is 0.508 e. The molecule has 12 heterocycles. The SMILES string of the molecule is CO[C@@H]1C(O)[C@H](N2CN(C)c3c2nc(N)[nH]c3=O)O[C@@H]1COP(=O)(O)OP(=O)(O)OP(=O)(O)OOC[C@H]1O[C@@H](n2cnc3c(N)ncnc32)[C@@H](OC)C1OP(=O)(O)OC[C@H]1O[C@@H](n2cnc3c(=O)[nH]c(N)nc32)[C@@H](OC)C1OP(=O)(O)OC[C@H]1O[C@@H](n2cnc3c(=O)[nH]c(N)nc32)[C@@H](O)C1OC(C)C. The molecule has 0 bridgehead atoms. The zero-order chi connectivity index (χ0) is 75.0. The molecule has 0 aromatic carbocycles. The van der Waals surface area contributed by atoms with Gasteiger partial charge in [0.1, 0.15) is 97.4 Å². The van der Waals surface area contributed by atoms with Gasteiger partial charge in [0.15, 0.2) is 64.5 Å². The fourth-order valence-electron chi connectivity index (χ4n) is 12.1. The van der Waals surface area contributed by atoms with Gasteiger partial charge in [0.2, 0.25) is 17.8 Å². The topological polar surface area (TPSA) is 711 Å². The smallest absolute Gasteiger partial charge is 0.386 e. The van der Waals surface area contributed by atoms with Crippen LogP contribution in [0.3, 0.4) is 0 Å². The molecule has 0 amide bonds. The molecular formula is C47H67N20O32P5. The van der Waals surface area contributed by atoms with Crippen LogP contribution in [0.5, 0.6) is 0 Å². The first kappa shape index (κ1) is 76.8. The van der Waals surface area contributed by atoms with Crippen molar-refractivity contribution in [3.8, 4) is 0 Å². The number of aromatic amines is 3. The van der Waals surface area contributed by atoms with Gasteiger partial charge in [0.25, 0.3) is 16.7 Å². The van der Waals surface area contributed by atoms with E-state index in [9.17, 15) is 71.9 Å². The maximum Gasteiger partial charge on any atom is 0.508 e. The van der Waals surface area contributed by atoms with E-state index in [-0.39, 0.29) is 69.4 Å². The van der Waals surface area contributed by atoms with E-state index in [2.05, 4.69) is 68.1 Å². The monoisotopic (exact) mass is 1580 g/mol. The molecule has 104 heavy (non-hydrogen) atoms. The van der Waals surface area contributed by atoms with Gasteiger partial charge in [-0.2, -0.15) is 23.6 Å². The molecule has 12 rings (SSSR count). The summed E-state index contributed by atoms with van der Waals surface area (Å²) in [5.41, 5.74) is 20.5. The molecule has 52 nitrogen and oxygen atoms in total.